The Hall–Kier alpha value is -1.58. The van der Waals surface area contributed by atoms with Gasteiger partial charge in [-0.25, -0.2) is 4.39 Å². The minimum atomic E-state index is -0.512. The zero-order chi connectivity index (χ0) is 12.1. The van der Waals surface area contributed by atoms with Gasteiger partial charge in [0.1, 0.15) is 5.82 Å². The monoisotopic (exact) mass is 224 g/mol. The van der Waals surface area contributed by atoms with Crippen molar-refractivity contribution in [2.75, 3.05) is 11.1 Å². The van der Waals surface area contributed by atoms with Crippen LogP contribution < -0.4 is 11.1 Å². The van der Waals surface area contributed by atoms with Gasteiger partial charge in [0, 0.05) is 11.6 Å². The molecule has 0 aliphatic rings. The standard InChI is InChI=1S/C12H17FN2O/c1-3-8(4-2)12(16)15-9-5-6-11(14)10(13)7-9/h5-8H,3-4,14H2,1-2H3,(H,15,16). The number of anilines is 2. The van der Waals surface area contributed by atoms with E-state index in [4.69, 9.17) is 5.73 Å². The van der Waals surface area contributed by atoms with E-state index in [0.29, 0.717) is 5.69 Å². The number of halogens is 1. The summed E-state index contributed by atoms with van der Waals surface area (Å²) in [4.78, 5) is 11.7. The van der Waals surface area contributed by atoms with E-state index < -0.39 is 5.82 Å². The summed E-state index contributed by atoms with van der Waals surface area (Å²) < 4.78 is 13.1. The largest absolute Gasteiger partial charge is 0.396 e. The number of hydrogen-bond acceptors (Lipinski definition) is 2. The van der Waals surface area contributed by atoms with E-state index in [1.54, 1.807) is 6.07 Å². The summed E-state index contributed by atoms with van der Waals surface area (Å²) in [5, 5.41) is 2.68. The van der Waals surface area contributed by atoms with Gasteiger partial charge >= 0.3 is 0 Å². The number of amides is 1. The zero-order valence-corrected chi connectivity index (χ0v) is 9.59. The van der Waals surface area contributed by atoms with Gasteiger partial charge in [-0.1, -0.05) is 13.8 Å². The van der Waals surface area contributed by atoms with Crippen molar-refractivity contribution in [3.05, 3.63) is 24.0 Å². The third-order valence-electron chi connectivity index (χ3n) is 2.62. The molecule has 4 heteroatoms. The number of nitrogen functional groups attached to an aromatic ring is 1. The highest BCUT2D eigenvalue weighted by Gasteiger charge is 2.14. The summed E-state index contributed by atoms with van der Waals surface area (Å²) in [6.07, 6.45) is 1.56. The molecule has 16 heavy (non-hydrogen) atoms. The Morgan fingerprint density at radius 2 is 2.06 bits per heavy atom. The van der Waals surface area contributed by atoms with Crippen molar-refractivity contribution in [3.8, 4) is 0 Å². The van der Waals surface area contributed by atoms with Crippen LogP contribution in [0.2, 0.25) is 0 Å². The fourth-order valence-electron chi connectivity index (χ4n) is 1.51. The third-order valence-corrected chi connectivity index (χ3v) is 2.62. The highest BCUT2D eigenvalue weighted by molar-refractivity contribution is 5.92. The molecule has 1 aromatic carbocycles. The van der Waals surface area contributed by atoms with Crippen LogP contribution in [0.5, 0.6) is 0 Å². The van der Waals surface area contributed by atoms with Crippen molar-refractivity contribution in [2.45, 2.75) is 26.7 Å². The predicted molar refractivity (Wildman–Crippen MR) is 63.5 cm³/mol. The molecule has 0 spiro atoms. The van der Waals surface area contributed by atoms with Crippen LogP contribution in [0.4, 0.5) is 15.8 Å². The molecule has 3 N–H and O–H groups in total. The average Bonchev–Trinajstić information content (AvgIpc) is 2.25. The SMILES string of the molecule is CCC(CC)C(=O)Nc1ccc(N)c(F)c1. The molecule has 1 aromatic rings. The van der Waals surface area contributed by atoms with Crippen molar-refractivity contribution < 1.29 is 9.18 Å². The van der Waals surface area contributed by atoms with Crippen LogP contribution in [0.25, 0.3) is 0 Å². The smallest absolute Gasteiger partial charge is 0.227 e. The first-order valence-corrected chi connectivity index (χ1v) is 5.44. The number of hydrogen-bond donors (Lipinski definition) is 2. The molecule has 0 bridgehead atoms. The van der Waals surface area contributed by atoms with Crippen molar-refractivity contribution in [1.29, 1.82) is 0 Å². The van der Waals surface area contributed by atoms with Gasteiger partial charge in [0.05, 0.1) is 5.69 Å². The molecule has 88 valence electrons. The van der Waals surface area contributed by atoms with E-state index in [2.05, 4.69) is 5.32 Å². The lowest BCUT2D eigenvalue weighted by Crippen LogP contribution is -2.21. The van der Waals surface area contributed by atoms with Crippen molar-refractivity contribution >= 4 is 17.3 Å². The molecule has 0 heterocycles. The molecule has 0 saturated heterocycles. The number of carbonyl (C=O) groups is 1. The van der Waals surface area contributed by atoms with Gasteiger partial charge < -0.3 is 11.1 Å². The van der Waals surface area contributed by atoms with E-state index in [9.17, 15) is 9.18 Å². The molecular formula is C12H17FN2O. The quantitative estimate of drug-likeness (QED) is 0.773. The molecule has 3 nitrogen and oxygen atoms in total. The Kier molecular flexibility index (Phi) is 4.28. The van der Waals surface area contributed by atoms with Crippen LogP contribution in [0, 0.1) is 11.7 Å². The normalized spacial score (nSPS) is 10.5. The maximum atomic E-state index is 13.1. The van der Waals surface area contributed by atoms with Crippen LogP contribution in [0.3, 0.4) is 0 Å². The second-order valence-electron chi connectivity index (χ2n) is 3.74. The molecule has 1 amide bonds. The average molecular weight is 224 g/mol. The molecule has 0 aliphatic heterocycles. The molecule has 0 aromatic heterocycles. The second kappa shape index (κ2) is 5.49. The van der Waals surface area contributed by atoms with Crippen molar-refractivity contribution in [1.82, 2.24) is 0 Å². The lowest BCUT2D eigenvalue weighted by molar-refractivity contribution is -0.120. The first kappa shape index (κ1) is 12.5. The number of benzene rings is 1. The van der Waals surface area contributed by atoms with Crippen LogP contribution in [0.1, 0.15) is 26.7 Å². The maximum Gasteiger partial charge on any atom is 0.227 e. The molecule has 0 fully saturated rings. The van der Waals surface area contributed by atoms with Gasteiger partial charge in [0.2, 0.25) is 5.91 Å². The highest BCUT2D eigenvalue weighted by atomic mass is 19.1. The molecule has 0 unspecified atom stereocenters. The van der Waals surface area contributed by atoms with Crippen LogP contribution >= 0.6 is 0 Å². The molecule has 0 radical (unpaired) electrons. The van der Waals surface area contributed by atoms with Crippen LogP contribution in [-0.2, 0) is 4.79 Å². The van der Waals surface area contributed by atoms with Gasteiger partial charge in [-0.15, -0.1) is 0 Å². The lowest BCUT2D eigenvalue weighted by atomic mass is 10.0. The maximum absolute atomic E-state index is 13.1. The number of carbonyl (C=O) groups excluding carboxylic acids is 1. The van der Waals surface area contributed by atoms with Crippen LogP contribution in [0.15, 0.2) is 18.2 Å². The predicted octanol–water partition coefficient (Wildman–Crippen LogP) is 2.78. The van der Waals surface area contributed by atoms with Crippen LogP contribution in [-0.4, -0.2) is 5.91 Å². The number of nitrogens with two attached hydrogens (primary N) is 1. The van der Waals surface area contributed by atoms with E-state index in [1.807, 2.05) is 13.8 Å². The number of rotatable bonds is 4. The molecule has 1 rings (SSSR count). The molecule has 0 saturated carbocycles. The van der Waals surface area contributed by atoms with E-state index in [0.717, 1.165) is 12.8 Å². The van der Waals surface area contributed by atoms with Gasteiger partial charge in [0.25, 0.3) is 0 Å². The van der Waals surface area contributed by atoms with Gasteiger partial charge in [-0.3, -0.25) is 4.79 Å². The Bertz CT molecular complexity index is 375. The minimum Gasteiger partial charge on any atom is -0.396 e. The fourth-order valence-corrected chi connectivity index (χ4v) is 1.51. The Labute approximate surface area is 94.8 Å². The van der Waals surface area contributed by atoms with Gasteiger partial charge in [0.15, 0.2) is 0 Å². The molecule has 0 atom stereocenters. The van der Waals surface area contributed by atoms with E-state index in [1.165, 1.54) is 12.1 Å². The summed E-state index contributed by atoms with van der Waals surface area (Å²) in [5.41, 5.74) is 5.88. The molecular weight excluding hydrogens is 207 g/mol. The first-order chi connectivity index (χ1) is 7.58. The Balaban J connectivity index is 2.73. The highest BCUT2D eigenvalue weighted by Crippen LogP contribution is 2.17. The summed E-state index contributed by atoms with van der Waals surface area (Å²) in [6, 6.07) is 4.27. The van der Waals surface area contributed by atoms with E-state index in [-0.39, 0.29) is 17.5 Å². The molecule has 0 aliphatic carbocycles. The minimum absolute atomic E-state index is 0.0272. The summed E-state index contributed by atoms with van der Waals surface area (Å²) in [6.45, 7) is 3.91. The summed E-state index contributed by atoms with van der Waals surface area (Å²) in [5.74, 6) is -0.614. The number of nitrogens with one attached hydrogen (secondary N) is 1. The van der Waals surface area contributed by atoms with Gasteiger partial charge in [-0.2, -0.15) is 0 Å². The lowest BCUT2D eigenvalue weighted by Gasteiger charge is -2.12. The van der Waals surface area contributed by atoms with E-state index >= 15 is 0 Å². The first-order valence-electron chi connectivity index (χ1n) is 5.44. The van der Waals surface area contributed by atoms with Gasteiger partial charge in [-0.05, 0) is 31.0 Å². The van der Waals surface area contributed by atoms with Crippen molar-refractivity contribution in [2.24, 2.45) is 5.92 Å². The Morgan fingerprint density at radius 1 is 1.44 bits per heavy atom. The summed E-state index contributed by atoms with van der Waals surface area (Å²) >= 11 is 0. The van der Waals surface area contributed by atoms with Crippen molar-refractivity contribution in [3.63, 3.8) is 0 Å². The second-order valence-corrected chi connectivity index (χ2v) is 3.74. The fraction of sp³-hybridized carbons (Fsp3) is 0.417. The third kappa shape index (κ3) is 2.95. The Morgan fingerprint density at radius 3 is 2.56 bits per heavy atom. The topological polar surface area (TPSA) is 55.1 Å². The summed E-state index contributed by atoms with van der Waals surface area (Å²) in [7, 11) is 0. The zero-order valence-electron chi connectivity index (χ0n) is 9.59.